The molecule has 0 atom stereocenters. The predicted octanol–water partition coefficient (Wildman–Crippen LogP) is 2.07. The molecule has 0 aliphatic heterocycles. The maximum Gasteiger partial charge on any atom is 0.306 e. The van der Waals surface area contributed by atoms with Gasteiger partial charge in [-0.3, -0.25) is 4.79 Å². The van der Waals surface area contributed by atoms with Gasteiger partial charge in [0.15, 0.2) is 0 Å². The molecule has 0 amide bonds. The van der Waals surface area contributed by atoms with E-state index >= 15 is 0 Å². The van der Waals surface area contributed by atoms with Crippen molar-refractivity contribution in [3.8, 4) is 0 Å². The molecule has 0 heterocycles. The maximum absolute atomic E-state index is 10.8. The van der Waals surface area contributed by atoms with Gasteiger partial charge >= 0.3 is 5.97 Å². The van der Waals surface area contributed by atoms with Gasteiger partial charge in [0.05, 0.1) is 0 Å². The van der Waals surface area contributed by atoms with E-state index in [2.05, 4.69) is 13.2 Å². The largest absolute Gasteiger partial charge is 0.461 e. The van der Waals surface area contributed by atoms with Gasteiger partial charge in [-0.25, -0.2) is 0 Å². The summed E-state index contributed by atoms with van der Waals surface area (Å²) in [5, 5.41) is 0. The fourth-order valence-electron chi connectivity index (χ4n) is 0.615. The lowest BCUT2D eigenvalue weighted by Crippen LogP contribution is -2.03. The standard InChI is InChI=1S/C9H14O2/c1-3-5-6-7-9(10)11-8-4-2/h3-4H,1-2,5-8H2. The van der Waals surface area contributed by atoms with E-state index in [9.17, 15) is 4.79 Å². The molecule has 0 fully saturated rings. The van der Waals surface area contributed by atoms with Gasteiger partial charge in [-0.05, 0) is 12.8 Å². The molecule has 0 aromatic rings. The minimum Gasteiger partial charge on any atom is -0.461 e. The van der Waals surface area contributed by atoms with Crippen LogP contribution in [0.3, 0.4) is 0 Å². The van der Waals surface area contributed by atoms with Gasteiger partial charge in [0.2, 0.25) is 0 Å². The normalized spacial score (nSPS) is 8.73. The number of rotatable bonds is 6. The molecule has 0 spiro atoms. The molecule has 2 heteroatoms. The zero-order chi connectivity index (χ0) is 8.53. The van der Waals surface area contributed by atoms with Crippen molar-refractivity contribution >= 4 is 5.97 Å². The number of carbonyl (C=O) groups excluding carboxylic acids is 1. The van der Waals surface area contributed by atoms with E-state index in [1.165, 1.54) is 0 Å². The first kappa shape index (κ1) is 9.95. The number of ether oxygens (including phenoxy) is 1. The van der Waals surface area contributed by atoms with Crippen LogP contribution in [-0.4, -0.2) is 12.6 Å². The van der Waals surface area contributed by atoms with Crippen molar-refractivity contribution in [1.29, 1.82) is 0 Å². The first-order valence-electron chi connectivity index (χ1n) is 3.68. The van der Waals surface area contributed by atoms with Gasteiger partial charge in [0, 0.05) is 6.42 Å². The molecule has 0 aromatic carbocycles. The fourth-order valence-corrected chi connectivity index (χ4v) is 0.615. The highest BCUT2D eigenvalue weighted by molar-refractivity contribution is 5.69. The average Bonchev–Trinajstić information content (AvgIpc) is 2.01. The summed E-state index contributed by atoms with van der Waals surface area (Å²) in [4.78, 5) is 10.8. The number of allylic oxidation sites excluding steroid dienone is 1. The Morgan fingerprint density at radius 1 is 1.36 bits per heavy atom. The number of hydrogen-bond acceptors (Lipinski definition) is 2. The fraction of sp³-hybridized carbons (Fsp3) is 0.444. The second-order valence-corrected chi connectivity index (χ2v) is 2.15. The van der Waals surface area contributed by atoms with Crippen molar-refractivity contribution in [2.75, 3.05) is 6.61 Å². The van der Waals surface area contributed by atoms with E-state index in [4.69, 9.17) is 4.74 Å². The van der Waals surface area contributed by atoms with Crippen LogP contribution in [0.15, 0.2) is 25.3 Å². The smallest absolute Gasteiger partial charge is 0.306 e. The summed E-state index contributed by atoms with van der Waals surface area (Å²) >= 11 is 0. The topological polar surface area (TPSA) is 26.3 Å². The van der Waals surface area contributed by atoms with Crippen molar-refractivity contribution in [2.24, 2.45) is 0 Å². The van der Waals surface area contributed by atoms with Crippen molar-refractivity contribution in [1.82, 2.24) is 0 Å². The van der Waals surface area contributed by atoms with Crippen LogP contribution in [-0.2, 0) is 9.53 Å². The number of esters is 1. The predicted molar refractivity (Wildman–Crippen MR) is 45.2 cm³/mol. The molecule has 2 nitrogen and oxygen atoms in total. The van der Waals surface area contributed by atoms with Crippen LogP contribution in [0.25, 0.3) is 0 Å². The lowest BCUT2D eigenvalue weighted by molar-refractivity contribution is -0.142. The summed E-state index contributed by atoms with van der Waals surface area (Å²) in [5.74, 6) is -0.160. The highest BCUT2D eigenvalue weighted by atomic mass is 16.5. The molecular weight excluding hydrogens is 140 g/mol. The average molecular weight is 154 g/mol. The molecule has 0 rings (SSSR count). The van der Waals surface area contributed by atoms with E-state index in [-0.39, 0.29) is 5.97 Å². The summed E-state index contributed by atoms with van der Waals surface area (Å²) in [6.07, 6.45) is 5.51. The maximum atomic E-state index is 10.8. The molecule has 0 aromatic heterocycles. The third-order valence-corrected chi connectivity index (χ3v) is 1.15. The molecule has 0 aliphatic rings. The highest BCUT2D eigenvalue weighted by Gasteiger charge is 1.98. The summed E-state index contributed by atoms with van der Waals surface area (Å²) < 4.78 is 4.75. The van der Waals surface area contributed by atoms with Crippen LogP contribution < -0.4 is 0 Å². The molecule has 0 N–H and O–H groups in total. The van der Waals surface area contributed by atoms with E-state index in [0.717, 1.165) is 12.8 Å². The van der Waals surface area contributed by atoms with Crippen molar-refractivity contribution in [3.05, 3.63) is 25.3 Å². The molecule has 0 bridgehead atoms. The quantitative estimate of drug-likeness (QED) is 0.332. The number of hydrogen-bond donors (Lipinski definition) is 0. The molecule has 0 aliphatic carbocycles. The number of unbranched alkanes of at least 4 members (excludes halogenated alkanes) is 1. The summed E-state index contributed by atoms with van der Waals surface area (Å²) in [7, 11) is 0. The molecular formula is C9H14O2. The van der Waals surface area contributed by atoms with Crippen molar-refractivity contribution < 1.29 is 9.53 Å². The molecule has 0 unspecified atom stereocenters. The zero-order valence-corrected chi connectivity index (χ0v) is 6.71. The molecule has 62 valence electrons. The van der Waals surface area contributed by atoms with E-state index < -0.39 is 0 Å². The van der Waals surface area contributed by atoms with Crippen molar-refractivity contribution in [2.45, 2.75) is 19.3 Å². The Bertz CT molecular complexity index is 138. The van der Waals surface area contributed by atoms with E-state index in [1.807, 2.05) is 0 Å². The van der Waals surface area contributed by atoms with Gasteiger partial charge in [-0.1, -0.05) is 18.7 Å². The molecule has 0 saturated carbocycles. The van der Waals surface area contributed by atoms with Gasteiger partial charge in [0.1, 0.15) is 6.61 Å². The Labute approximate surface area is 67.6 Å². The lowest BCUT2D eigenvalue weighted by Gasteiger charge is -1.99. The third-order valence-electron chi connectivity index (χ3n) is 1.15. The monoisotopic (exact) mass is 154 g/mol. The Hall–Kier alpha value is -1.05. The highest BCUT2D eigenvalue weighted by Crippen LogP contribution is 1.97. The number of carbonyl (C=O) groups is 1. The van der Waals surface area contributed by atoms with E-state index in [0.29, 0.717) is 13.0 Å². The summed E-state index contributed by atoms with van der Waals surface area (Å²) in [6.45, 7) is 7.30. The zero-order valence-electron chi connectivity index (χ0n) is 6.71. The lowest BCUT2D eigenvalue weighted by atomic mass is 10.2. The van der Waals surface area contributed by atoms with Crippen LogP contribution in [0.1, 0.15) is 19.3 Å². The molecule has 0 radical (unpaired) electrons. The Morgan fingerprint density at radius 2 is 2.09 bits per heavy atom. The minimum absolute atomic E-state index is 0.160. The van der Waals surface area contributed by atoms with Crippen LogP contribution in [0.4, 0.5) is 0 Å². The van der Waals surface area contributed by atoms with Gasteiger partial charge in [-0.2, -0.15) is 0 Å². The van der Waals surface area contributed by atoms with Crippen LogP contribution in [0.2, 0.25) is 0 Å². The van der Waals surface area contributed by atoms with Gasteiger partial charge in [0.25, 0.3) is 0 Å². The Balaban J connectivity index is 3.21. The first-order chi connectivity index (χ1) is 5.31. The van der Waals surface area contributed by atoms with Crippen LogP contribution in [0, 0.1) is 0 Å². The SMILES string of the molecule is C=CCCCC(=O)OCC=C. The van der Waals surface area contributed by atoms with Crippen molar-refractivity contribution in [3.63, 3.8) is 0 Å². The second kappa shape index (κ2) is 7.06. The summed E-state index contributed by atoms with van der Waals surface area (Å²) in [5.41, 5.74) is 0. The van der Waals surface area contributed by atoms with Crippen LogP contribution in [0.5, 0.6) is 0 Å². The molecule has 11 heavy (non-hydrogen) atoms. The summed E-state index contributed by atoms with van der Waals surface area (Å²) in [6, 6.07) is 0. The Morgan fingerprint density at radius 3 is 2.64 bits per heavy atom. The van der Waals surface area contributed by atoms with Gasteiger partial charge in [-0.15, -0.1) is 6.58 Å². The Kier molecular flexibility index (Phi) is 6.39. The molecule has 0 saturated heterocycles. The van der Waals surface area contributed by atoms with Gasteiger partial charge < -0.3 is 4.74 Å². The minimum atomic E-state index is -0.160. The van der Waals surface area contributed by atoms with E-state index in [1.54, 1.807) is 12.2 Å². The second-order valence-electron chi connectivity index (χ2n) is 2.15. The van der Waals surface area contributed by atoms with Crippen LogP contribution >= 0.6 is 0 Å². The third kappa shape index (κ3) is 6.84. The first-order valence-corrected chi connectivity index (χ1v) is 3.68.